The lowest BCUT2D eigenvalue weighted by atomic mass is 9.98. The zero-order valence-electron chi connectivity index (χ0n) is 10.9. The maximum Gasteiger partial charge on any atom is 0.147 e. The second kappa shape index (κ2) is 6.42. The Kier molecular flexibility index (Phi) is 4.87. The Labute approximate surface area is 114 Å². The van der Waals surface area contributed by atoms with Gasteiger partial charge in [-0.3, -0.25) is 0 Å². The van der Waals surface area contributed by atoms with Crippen LogP contribution in [0.15, 0.2) is 18.2 Å². The fourth-order valence-corrected chi connectivity index (χ4v) is 2.92. The molecule has 0 bridgehead atoms. The summed E-state index contributed by atoms with van der Waals surface area (Å²) in [4.78, 5) is 0. The van der Waals surface area contributed by atoms with E-state index in [9.17, 15) is 4.39 Å². The summed E-state index contributed by atoms with van der Waals surface area (Å²) in [6.45, 7) is 2.26. The van der Waals surface area contributed by atoms with Crippen molar-refractivity contribution in [1.82, 2.24) is 0 Å². The van der Waals surface area contributed by atoms with E-state index < -0.39 is 0 Å². The summed E-state index contributed by atoms with van der Waals surface area (Å²) in [7, 11) is 0. The molecule has 1 aliphatic rings. The minimum Gasteiger partial charge on any atom is -0.380 e. The number of rotatable bonds is 3. The summed E-state index contributed by atoms with van der Waals surface area (Å²) in [6.07, 6.45) is 7.35. The van der Waals surface area contributed by atoms with Gasteiger partial charge in [-0.2, -0.15) is 0 Å². The van der Waals surface area contributed by atoms with Crippen LogP contribution in [0, 0.1) is 11.7 Å². The van der Waals surface area contributed by atoms with Crippen LogP contribution in [0.1, 0.15) is 45.4 Å². The third-order valence-corrected chi connectivity index (χ3v) is 4.19. The van der Waals surface area contributed by atoms with Crippen molar-refractivity contribution >= 4 is 17.3 Å². The van der Waals surface area contributed by atoms with E-state index in [4.69, 9.17) is 11.6 Å². The summed E-state index contributed by atoms with van der Waals surface area (Å²) >= 11 is 5.76. The first kappa shape index (κ1) is 13.7. The van der Waals surface area contributed by atoms with Gasteiger partial charge in [0, 0.05) is 11.1 Å². The highest BCUT2D eigenvalue weighted by Crippen LogP contribution is 2.28. The molecule has 1 aliphatic carbocycles. The van der Waals surface area contributed by atoms with Crippen molar-refractivity contribution in [1.29, 1.82) is 0 Å². The van der Waals surface area contributed by atoms with Crippen LogP contribution in [0.4, 0.5) is 10.1 Å². The van der Waals surface area contributed by atoms with Crippen molar-refractivity contribution in [3.05, 3.63) is 29.0 Å². The highest BCUT2D eigenvalue weighted by molar-refractivity contribution is 6.30. The molecule has 1 nitrogen and oxygen atoms in total. The molecule has 18 heavy (non-hydrogen) atoms. The molecule has 100 valence electrons. The summed E-state index contributed by atoms with van der Waals surface area (Å²) in [5.74, 6) is 0.602. The molecule has 0 spiro atoms. The molecule has 0 radical (unpaired) electrons. The molecular formula is C15H21ClFN. The Hall–Kier alpha value is -0.760. The normalized spacial score (nSPS) is 24.6. The molecule has 0 aromatic heterocycles. The van der Waals surface area contributed by atoms with Gasteiger partial charge in [-0.25, -0.2) is 4.39 Å². The van der Waals surface area contributed by atoms with Gasteiger partial charge in [-0.05, 0) is 43.4 Å². The largest absolute Gasteiger partial charge is 0.380 e. The monoisotopic (exact) mass is 269 g/mol. The van der Waals surface area contributed by atoms with Gasteiger partial charge in [0.2, 0.25) is 0 Å². The second-order valence-electron chi connectivity index (χ2n) is 5.25. The number of halogens is 2. The van der Waals surface area contributed by atoms with Crippen molar-refractivity contribution in [3.8, 4) is 0 Å². The van der Waals surface area contributed by atoms with Gasteiger partial charge in [-0.1, -0.05) is 37.8 Å². The third-order valence-electron chi connectivity index (χ3n) is 3.96. The summed E-state index contributed by atoms with van der Waals surface area (Å²) < 4.78 is 13.7. The fraction of sp³-hybridized carbons (Fsp3) is 0.600. The second-order valence-corrected chi connectivity index (χ2v) is 5.68. The SMILES string of the molecule is CCC1CCCC(Nc2ccc(Cl)cc2F)CC1. The van der Waals surface area contributed by atoms with E-state index >= 15 is 0 Å². The van der Waals surface area contributed by atoms with Crippen LogP contribution in [0.2, 0.25) is 5.02 Å². The average molecular weight is 270 g/mol. The zero-order valence-corrected chi connectivity index (χ0v) is 11.6. The minimum atomic E-state index is -0.251. The molecule has 1 saturated carbocycles. The molecule has 1 aromatic carbocycles. The summed E-state index contributed by atoms with van der Waals surface area (Å²) in [5.41, 5.74) is 0.583. The molecule has 0 heterocycles. The predicted octanol–water partition coefficient (Wildman–Crippen LogP) is 5.25. The van der Waals surface area contributed by atoms with Gasteiger partial charge < -0.3 is 5.32 Å². The van der Waals surface area contributed by atoms with E-state index in [1.165, 1.54) is 31.7 Å². The molecule has 2 unspecified atom stereocenters. The van der Waals surface area contributed by atoms with E-state index in [-0.39, 0.29) is 5.82 Å². The highest BCUT2D eigenvalue weighted by Gasteiger charge is 2.18. The molecule has 2 atom stereocenters. The van der Waals surface area contributed by atoms with Crippen LogP contribution < -0.4 is 5.32 Å². The first-order chi connectivity index (χ1) is 8.69. The summed E-state index contributed by atoms with van der Waals surface area (Å²) in [5, 5.41) is 3.78. The van der Waals surface area contributed by atoms with E-state index in [0.717, 1.165) is 18.8 Å². The van der Waals surface area contributed by atoms with E-state index in [0.29, 0.717) is 16.8 Å². The Morgan fingerprint density at radius 1 is 1.28 bits per heavy atom. The van der Waals surface area contributed by atoms with Crippen molar-refractivity contribution in [3.63, 3.8) is 0 Å². The van der Waals surface area contributed by atoms with Crippen molar-refractivity contribution in [2.24, 2.45) is 5.92 Å². The molecule has 0 amide bonds. The van der Waals surface area contributed by atoms with Gasteiger partial charge in [0.05, 0.1) is 5.69 Å². The number of hydrogen-bond donors (Lipinski definition) is 1. The van der Waals surface area contributed by atoms with Crippen molar-refractivity contribution < 1.29 is 4.39 Å². The molecule has 3 heteroatoms. The lowest BCUT2D eigenvalue weighted by molar-refractivity contribution is 0.444. The lowest BCUT2D eigenvalue weighted by Gasteiger charge is -2.18. The first-order valence-electron chi connectivity index (χ1n) is 6.90. The standard InChI is InChI=1S/C15H21ClFN/c1-2-11-4-3-5-13(8-6-11)18-15-9-7-12(16)10-14(15)17/h7,9-11,13,18H,2-6,8H2,1H3. The predicted molar refractivity (Wildman–Crippen MR) is 75.7 cm³/mol. The Morgan fingerprint density at radius 2 is 2.11 bits per heavy atom. The Bertz CT molecular complexity index is 394. The van der Waals surface area contributed by atoms with Gasteiger partial charge in [-0.15, -0.1) is 0 Å². The quantitative estimate of drug-likeness (QED) is 0.739. The molecule has 1 aromatic rings. The van der Waals surface area contributed by atoms with Crippen LogP contribution in [0.5, 0.6) is 0 Å². The maximum atomic E-state index is 13.7. The maximum absolute atomic E-state index is 13.7. The topological polar surface area (TPSA) is 12.0 Å². The van der Waals surface area contributed by atoms with Crippen molar-refractivity contribution in [2.45, 2.75) is 51.5 Å². The van der Waals surface area contributed by atoms with Crippen LogP contribution in [0.3, 0.4) is 0 Å². The number of benzene rings is 1. The fourth-order valence-electron chi connectivity index (χ4n) is 2.76. The smallest absolute Gasteiger partial charge is 0.147 e. The first-order valence-corrected chi connectivity index (χ1v) is 7.28. The van der Waals surface area contributed by atoms with Crippen LogP contribution in [0.25, 0.3) is 0 Å². The minimum absolute atomic E-state index is 0.251. The van der Waals surface area contributed by atoms with Gasteiger partial charge in [0.1, 0.15) is 5.82 Å². The summed E-state index contributed by atoms with van der Waals surface area (Å²) in [6, 6.07) is 5.24. The van der Waals surface area contributed by atoms with E-state index in [1.807, 2.05) is 0 Å². The molecular weight excluding hydrogens is 249 g/mol. The molecule has 1 N–H and O–H groups in total. The third kappa shape index (κ3) is 3.61. The molecule has 0 aliphatic heterocycles. The Balaban J connectivity index is 1.96. The number of anilines is 1. The van der Waals surface area contributed by atoms with Gasteiger partial charge in [0.25, 0.3) is 0 Å². The Morgan fingerprint density at radius 3 is 2.83 bits per heavy atom. The molecule has 2 rings (SSSR count). The lowest BCUT2D eigenvalue weighted by Crippen LogP contribution is -2.19. The van der Waals surface area contributed by atoms with Crippen molar-refractivity contribution in [2.75, 3.05) is 5.32 Å². The van der Waals surface area contributed by atoms with Gasteiger partial charge >= 0.3 is 0 Å². The van der Waals surface area contributed by atoms with Gasteiger partial charge in [0.15, 0.2) is 0 Å². The zero-order chi connectivity index (χ0) is 13.0. The van der Waals surface area contributed by atoms with Crippen LogP contribution in [-0.4, -0.2) is 6.04 Å². The number of hydrogen-bond acceptors (Lipinski definition) is 1. The number of nitrogens with one attached hydrogen (secondary N) is 1. The molecule has 1 fully saturated rings. The van der Waals surface area contributed by atoms with Crippen LogP contribution >= 0.6 is 11.6 Å². The average Bonchev–Trinajstić information content (AvgIpc) is 2.58. The highest BCUT2D eigenvalue weighted by atomic mass is 35.5. The van der Waals surface area contributed by atoms with Crippen LogP contribution in [-0.2, 0) is 0 Å². The van der Waals surface area contributed by atoms with E-state index in [2.05, 4.69) is 12.2 Å². The van der Waals surface area contributed by atoms with E-state index in [1.54, 1.807) is 12.1 Å². The molecule has 0 saturated heterocycles.